The number of nitrogens with one attached hydrogen (secondary N) is 1. The number of nitrogens with zero attached hydrogens (tertiary/aromatic N) is 3. The summed E-state index contributed by atoms with van der Waals surface area (Å²) in [6, 6.07) is 14.7. The van der Waals surface area contributed by atoms with Crippen LogP contribution in [0.4, 0.5) is 15.9 Å². The van der Waals surface area contributed by atoms with Crippen molar-refractivity contribution in [2.24, 2.45) is 0 Å². The first-order valence-corrected chi connectivity index (χ1v) is 13.6. The highest BCUT2D eigenvalue weighted by Crippen LogP contribution is 2.39. The van der Waals surface area contributed by atoms with Gasteiger partial charge in [-0.25, -0.2) is 14.4 Å². The molecule has 0 unspecified atom stereocenters. The molecule has 1 aliphatic rings. The lowest BCUT2D eigenvalue weighted by Crippen LogP contribution is -2.41. The fraction of sp³-hybridized carbons (Fsp3) is 0.281. The lowest BCUT2D eigenvalue weighted by molar-refractivity contribution is -0.127. The Morgan fingerprint density at radius 2 is 1.86 bits per heavy atom. The SMILES string of the molecule is C=CC(=O)N1CCC(Oc2cc3c(Nc4cc(Oc5cccc(F)c5)ccc4C(C)(C)O)ncnc3cc2OC)CC1. The minimum atomic E-state index is -1.19. The fourth-order valence-corrected chi connectivity index (χ4v) is 4.94. The van der Waals surface area contributed by atoms with Crippen LogP contribution in [0.5, 0.6) is 23.0 Å². The van der Waals surface area contributed by atoms with Gasteiger partial charge in [-0.15, -0.1) is 0 Å². The summed E-state index contributed by atoms with van der Waals surface area (Å²) in [7, 11) is 1.57. The van der Waals surface area contributed by atoms with E-state index in [1.54, 1.807) is 62.3 Å². The number of methoxy groups -OCH3 is 1. The van der Waals surface area contributed by atoms with E-state index in [2.05, 4.69) is 21.9 Å². The monoisotopic (exact) mass is 572 g/mol. The van der Waals surface area contributed by atoms with Crippen molar-refractivity contribution < 1.29 is 28.5 Å². The van der Waals surface area contributed by atoms with Gasteiger partial charge in [-0.1, -0.05) is 18.7 Å². The Labute approximate surface area is 243 Å². The third kappa shape index (κ3) is 6.44. The first-order chi connectivity index (χ1) is 20.1. The van der Waals surface area contributed by atoms with Gasteiger partial charge < -0.3 is 29.5 Å². The summed E-state index contributed by atoms with van der Waals surface area (Å²) in [4.78, 5) is 22.6. The molecule has 42 heavy (non-hydrogen) atoms. The third-order valence-electron chi connectivity index (χ3n) is 7.08. The van der Waals surface area contributed by atoms with Crippen LogP contribution >= 0.6 is 0 Å². The highest BCUT2D eigenvalue weighted by Gasteiger charge is 2.25. The lowest BCUT2D eigenvalue weighted by atomic mass is 9.96. The van der Waals surface area contributed by atoms with Crippen LogP contribution in [0.1, 0.15) is 32.3 Å². The van der Waals surface area contributed by atoms with E-state index in [4.69, 9.17) is 14.2 Å². The number of rotatable bonds is 9. The summed E-state index contributed by atoms with van der Waals surface area (Å²) in [5.41, 5.74) is 0.586. The number of fused-ring (bicyclic) bond motifs is 1. The Bertz CT molecular complexity index is 1610. The summed E-state index contributed by atoms with van der Waals surface area (Å²) in [5, 5.41) is 14.9. The topological polar surface area (TPSA) is 106 Å². The number of likely N-dealkylation sites (tertiary alicyclic amines) is 1. The average molecular weight is 573 g/mol. The summed E-state index contributed by atoms with van der Waals surface area (Å²) >= 11 is 0. The Morgan fingerprint density at radius 1 is 1.10 bits per heavy atom. The lowest BCUT2D eigenvalue weighted by Gasteiger charge is -2.31. The van der Waals surface area contributed by atoms with Gasteiger partial charge in [-0.05, 0) is 44.2 Å². The standard InChI is InChI=1S/C32H33FN4O5/c1-5-30(38)37-13-11-21(12-14-37)42-29-17-24-26(18-28(29)40-4)34-19-35-31(24)36-27-16-23(9-10-25(27)32(2,3)39)41-22-8-6-7-20(33)15-22/h5-10,15-19,21,39H,1,11-14H2,2-4H3,(H,34,35,36). The zero-order chi connectivity index (χ0) is 29.9. The zero-order valence-electron chi connectivity index (χ0n) is 23.8. The summed E-state index contributed by atoms with van der Waals surface area (Å²) < 4.78 is 31.6. The second kappa shape index (κ2) is 12.0. The van der Waals surface area contributed by atoms with Gasteiger partial charge in [0, 0.05) is 60.8 Å². The number of piperidine rings is 1. The van der Waals surface area contributed by atoms with Gasteiger partial charge in [0.25, 0.3) is 0 Å². The molecule has 10 heteroatoms. The molecule has 9 nitrogen and oxygen atoms in total. The van der Waals surface area contributed by atoms with Gasteiger partial charge in [0.2, 0.25) is 5.91 Å². The van der Waals surface area contributed by atoms with E-state index < -0.39 is 11.4 Å². The highest BCUT2D eigenvalue weighted by molar-refractivity contribution is 5.93. The predicted molar refractivity (Wildman–Crippen MR) is 158 cm³/mol. The summed E-state index contributed by atoms with van der Waals surface area (Å²) in [5.74, 6) is 1.84. The molecule has 1 aromatic heterocycles. The quantitative estimate of drug-likeness (QED) is 0.232. The number of carbonyl (C=O) groups is 1. The van der Waals surface area contributed by atoms with Crippen LogP contribution < -0.4 is 19.5 Å². The molecule has 2 N–H and O–H groups in total. The first kappa shape index (κ1) is 28.8. The second-order valence-corrected chi connectivity index (χ2v) is 10.5. The van der Waals surface area contributed by atoms with Gasteiger partial charge in [0.05, 0.1) is 18.2 Å². The zero-order valence-corrected chi connectivity index (χ0v) is 23.8. The molecule has 1 aliphatic heterocycles. The Morgan fingerprint density at radius 3 is 2.55 bits per heavy atom. The van der Waals surface area contributed by atoms with E-state index in [1.165, 1.54) is 24.5 Å². The molecule has 0 aliphatic carbocycles. The van der Waals surface area contributed by atoms with E-state index in [0.29, 0.717) is 76.9 Å². The van der Waals surface area contributed by atoms with Crippen LogP contribution in [0.3, 0.4) is 0 Å². The van der Waals surface area contributed by atoms with Gasteiger partial charge in [0.1, 0.15) is 35.6 Å². The fourth-order valence-electron chi connectivity index (χ4n) is 4.94. The normalized spacial score (nSPS) is 14.0. The van der Waals surface area contributed by atoms with Crippen molar-refractivity contribution in [1.29, 1.82) is 0 Å². The summed E-state index contributed by atoms with van der Waals surface area (Å²) in [6.07, 6.45) is 4.00. The number of hydrogen-bond acceptors (Lipinski definition) is 8. The molecular weight excluding hydrogens is 539 g/mol. The molecule has 0 saturated carbocycles. The minimum absolute atomic E-state index is 0.0829. The van der Waals surface area contributed by atoms with Crippen LogP contribution in [0.15, 0.2) is 73.6 Å². The number of anilines is 2. The average Bonchev–Trinajstić information content (AvgIpc) is 2.96. The maximum atomic E-state index is 13.7. The molecule has 0 bridgehead atoms. The van der Waals surface area contributed by atoms with Crippen LogP contribution in [0, 0.1) is 5.82 Å². The minimum Gasteiger partial charge on any atom is -0.493 e. The Hall–Kier alpha value is -4.70. The molecule has 1 fully saturated rings. The van der Waals surface area contributed by atoms with Crippen molar-refractivity contribution in [3.8, 4) is 23.0 Å². The highest BCUT2D eigenvalue weighted by atomic mass is 19.1. The van der Waals surface area contributed by atoms with Crippen LogP contribution in [0.2, 0.25) is 0 Å². The second-order valence-electron chi connectivity index (χ2n) is 10.5. The number of ether oxygens (including phenoxy) is 3. The Kier molecular flexibility index (Phi) is 8.26. The van der Waals surface area contributed by atoms with Crippen molar-refractivity contribution in [2.75, 3.05) is 25.5 Å². The van der Waals surface area contributed by atoms with E-state index in [9.17, 15) is 14.3 Å². The summed E-state index contributed by atoms with van der Waals surface area (Å²) in [6.45, 7) is 8.09. The van der Waals surface area contributed by atoms with E-state index >= 15 is 0 Å². The van der Waals surface area contributed by atoms with Crippen LogP contribution in [-0.4, -0.2) is 52.2 Å². The van der Waals surface area contributed by atoms with Gasteiger partial charge in [0.15, 0.2) is 11.5 Å². The molecule has 218 valence electrons. The molecule has 2 heterocycles. The van der Waals surface area contributed by atoms with Crippen molar-refractivity contribution in [3.05, 3.63) is 85.0 Å². The third-order valence-corrected chi connectivity index (χ3v) is 7.08. The number of benzene rings is 3. The van der Waals surface area contributed by atoms with Crippen molar-refractivity contribution in [3.63, 3.8) is 0 Å². The van der Waals surface area contributed by atoms with E-state index in [1.807, 2.05) is 6.07 Å². The number of halogens is 1. The molecule has 0 atom stereocenters. The van der Waals surface area contributed by atoms with Gasteiger partial charge >= 0.3 is 0 Å². The molecule has 4 aromatic rings. The van der Waals surface area contributed by atoms with Crippen molar-refractivity contribution in [1.82, 2.24) is 14.9 Å². The number of hydrogen-bond donors (Lipinski definition) is 2. The number of aromatic nitrogens is 2. The first-order valence-electron chi connectivity index (χ1n) is 13.6. The molecule has 1 saturated heterocycles. The van der Waals surface area contributed by atoms with Gasteiger partial charge in [-0.3, -0.25) is 4.79 Å². The molecule has 5 rings (SSSR count). The maximum Gasteiger partial charge on any atom is 0.245 e. The molecule has 0 radical (unpaired) electrons. The predicted octanol–water partition coefficient (Wildman–Crippen LogP) is 6.10. The molecule has 0 spiro atoms. The maximum absolute atomic E-state index is 13.7. The van der Waals surface area contributed by atoms with Crippen LogP contribution in [-0.2, 0) is 10.4 Å². The molecular formula is C32H33FN4O5. The van der Waals surface area contributed by atoms with E-state index in [0.717, 1.165) is 0 Å². The largest absolute Gasteiger partial charge is 0.493 e. The smallest absolute Gasteiger partial charge is 0.245 e. The van der Waals surface area contributed by atoms with E-state index in [-0.39, 0.29) is 12.0 Å². The van der Waals surface area contributed by atoms with Crippen molar-refractivity contribution >= 4 is 28.3 Å². The number of amides is 1. The molecule has 3 aromatic carbocycles. The van der Waals surface area contributed by atoms with Gasteiger partial charge in [-0.2, -0.15) is 0 Å². The van der Waals surface area contributed by atoms with Crippen molar-refractivity contribution in [2.45, 2.75) is 38.4 Å². The number of carbonyl (C=O) groups excluding carboxylic acids is 1. The van der Waals surface area contributed by atoms with Crippen LogP contribution in [0.25, 0.3) is 10.9 Å². The molecule has 1 amide bonds. The number of aliphatic hydroxyl groups is 1. The Balaban J connectivity index is 1.47.